The third kappa shape index (κ3) is 9.98. The zero-order valence-electron chi connectivity index (χ0n) is 24.1. The molecular formula is C32H44BrN5O. The molecule has 0 bridgehead atoms. The Morgan fingerprint density at radius 1 is 0.974 bits per heavy atom. The molecule has 0 unspecified atom stereocenters. The molecular weight excluding hydrogens is 550 g/mol. The predicted molar refractivity (Wildman–Crippen MR) is 171 cm³/mol. The molecule has 0 saturated carbocycles. The van der Waals surface area contributed by atoms with Crippen LogP contribution in [0.2, 0.25) is 0 Å². The summed E-state index contributed by atoms with van der Waals surface area (Å²) >= 11 is 3.42. The van der Waals surface area contributed by atoms with Crippen LogP contribution in [-0.2, 0) is 11.3 Å². The van der Waals surface area contributed by atoms with Gasteiger partial charge >= 0.3 is 0 Å². The second-order valence-corrected chi connectivity index (χ2v) is 10.5. The van der Waals surface area contributed by atoms with Crippen LogP contribution in [0, 0.1) is 6.92 Å². The Balaban J connectivity index is 0.000000282. The van der Waals surface area contributed by atoms with Crippen LogP contribution in [0.25, 0.3) is 0 Å². The zero-order chi connectivity index (χ0) is 28.8. The van der Waals surface area contributed by atoms with Gasteiger partial charge in [0.2, 0.25) is 6.41 Å². The molecule has 0 radical (unpaired) electrons. The second-order valence-electron chi connectivity index (χ2n) is 9.62. The molecule has 1 saturated heterocycles. The number of hydrogen-bond acceptors (Lipinski definition) is 5. The highest BCUT2D eigenvalue weighted by Gasteiger charge is 2.17. The molecule has 0 aromatic heterocycles. The number of rotatable bonds is 6. The standard InChI is InChI=1S/C19H23N3O.C10H13BrN2.C3H8/c1-16-2-6-18(7-3-16)21-10-12-22(13-11-21)19-8-4-17(5-9-19)14-20-15-23;1-7(12)8(2)13-6-4-5-10(11)9(13)3;1-3-2/h2-9,15H,10-14H2,1H3,(H,20,23);4-6H,3,12H2,1-2H3;3H2,1-2H3/b;8-7+;. The van der Waals surface area contributed by atoms with E-state index in [1.807, 2.05) is 37.1 Å². The minimum Gasteiger partial charge on any atom is -0.401 e. The van der Waals surface area contributed by atoms with Crippen molar-refractivity contribution in [2.45, 2.75) is 47.6 Å². The van der Waals surface area contributed by atoms with Crippen LogP contribution in [0.15, 0.2) is 95.0 Å². The van der Waals surface area contributed by atoms with Gasteiger partial charge in [0.1, 0.15) is 0 Å². The molecule has 39 heavy (non-hydrogen) atoms. The van der Waals surface area contributed by atoms with Crippen molar-refractivity contribution in [3.63, 3.8) is 0 Å². The van der Waals surface area contributed by atoms with E-state index in [1.165, 1.54) is 23.4 Å². The molecule has 1 fully saturated rings. The number of aryl methyl sites for hydroxylation is 1. The van der Waals surface area contributed by atoms with Crippen molar-refractivity contribution in [2.75, 3.05) is 36.0 Å². The fraction of sp³-hybridized carbons (Fsp3) is 0.344. The van der Waals surface area contributed by atoms with Crippen LogP contribution in [0.4, 0.5) is 11.4 Å². The number of nitrogens with zero attached hydrogens (tertiary/aromatic N) is 3. The summed E-state index contributed by atoms with van der Waals surface area (Å²) in [6, 6.07) is 17.2. The van der Waals surface area contributed by atoms with Crippen LogP contribution in [-0.4, -0.2) is 37.5 Å². The van der Waals surface area contributed by atoms with Gasteiger partial charge in [-0.2, -0.15) is 0 Å². The van der Waals surface area contributed by atoms with Gasteiger partial charge < -0.3 is 25.8 Å². The SMILES string of the molecule is C=C1C(Br)=CC=CN1/C(C)=C(\C)N.CCC.Cc1ccc(N2CCN(c3ccc(CNC=O)cc3)CC2)cc1. The molecule has 2 aliphatic heterocycles. The molecule has 4 rings (SSSR count). The first kappa shape index (κ1) is 31.8. The van der Waals surface area contributed by atoms with Crippen LogP contribution in [0.3, 0.4) is 0 Å². The topological polar surface area (TPSA) is 64.8 Å². The molecule has 0 aliphatic carbocycles. The van der Waals surface area contributed by atoms with Gasteiger partial charge in [-0.3, -0.25) is 4.79 Å². The normalized spacial score (nSPS) is 15.3. The number of carbonyl (C=O) groups excluding carboxylic acids is 1. The molecule has 0 atom stereocenters. The lowest BCUT2D eigenvalue weighted by Crippen LogP contribution is -2.46. The highest BCUT2D eigenvalue weighted by molar-refractivity contribution is 9.12. The molecule has 1 amide bonds. The van der Waals surface area contributed by atoms with Crippen molar-refractivity contribution in [3.05, 3.63) is 106 Å². The summed E-state index contributed by atoms with van der Waals surface area (Å²) in [4.78, 5) is 17.2. The van der Waals surface area contributed by atoms with E-state index in [1.54, 1.807) is 0 Å². The Hall–Kier alpha value is -3.45. The number of hydrogen-bond donors (Lipinski definition) is 2. The maximum absolute atomic E-state index is 10.3. The molecule has 6 nitrogen and oxygen atoms in total. The van der Waals surface area contributed by atoms with E-state index in [9.17, 15) is 4.79 Å². The molecule has 2 aliphatic rings. The minimum absolute atomic E-state index is 0.588. The van der Waals surface area contributed by atoms with Crippen molar-refractivity contribution in [1.82, 2.24) is 10.2 Å². The Morgan fingerprint density at radius 2 is 1.46 bits per heavy atom. The number of amides is 1. The van der Waals surface area contributed by atoms with Gasteiger partial charge in [-0.05, 0) is 78.7 Å². The summed E-state index contributed by atoms with van der Waals surface area (Å²) in [5, 5.41) is 2.69. The van der Waals surface area contributed by atoms with E-state index >= 15 is 0 Å². The highest BCUT2D eigenvalue weighted by Crippen LogP contribution is 2.27. The maximum atomic E-state index is 10.3. The monoisotopic (exact) mass is 593 g/mol. The summed E-state index contributed by atoms with van der Waals surface area (Å²) in [5.41, 5.74) is 13.4. The number of nitrogens with two attached hydrogens (primary N) is 1. The summed E-state index contributed by atoms with van der Waals surface area (Å²) in [7, 11) is 0. The molecule has 7 heteroatoms. The van der Waals surface area contributed by atoms with Gasteiger partial charge in [0.25, 0.3) is 0 Å². The average Bonchev–Trinajstić information content (AvgIpc) is 2.94. The van der Waals surface area contributed by atoms with E-state index in [0.29, 0.717) is 6.54 Å². The fourth-order valence-electron chi connectivity index (χ4n) is 3.98. The van der Waals surface area contributed by atoms with Crippen LogP contribution in [0.1, 0.15) is 45.2 Å². The third-order valence-electron chi connectivity index (χ3n) is 6.35. The summed E-state index contributed by atoms with van der Waals surface area (Å²) in [5.74, 6) is 0. The van der Waals surface area contributed by atoms with E-state index in [4.69, 9.17) is 5.73 Å². The van der Waals surface area contributed by atoms with Gasteiger partial charge in [0, 0.05) is 66.2 Å². The molecule has 210 valence electrons. The number of halogens is 1. The third-order valence-corrected chi connectivity index (χ3v) is 7.07. The fourth-order valence-corrected chi connectivity index (χ4v) is 4.33. The number of anilines is 2. The van der Waals surface area contributed by atoms with Crippen LogP contribution in [0.5, 0.6) is 0 Å². The number of nitrogens with one attached hydrogen (secondary N) is 1. The summed E-state index contributed by atoms with van der Waals surface area (Å²) < 4.78 is 0.982. The zero-order valence-corrected chi connectivity index (χ0v) is 25.7. The van der Waals surface area contributed by atoms with Crippen molar-refractivity contribution < 1.29 is 4.79 Å². The van der Waals surface area contributed by atoms with Crippen molar-refractivity contribution in [1.29, 1.82) is 0 Å². The smallest absolute Gasteiger partial charge is 0.207 e. The maximum Gasteiger partial charge on any atom is 0.207 e. The van der Waals surface area contributed by atoms with Gasteiger partial charge in [0.05, 0.1) is 5.70 Å². The minimum atomic E-state index is 0.588. The quantitative estimate of drug-likeness (QED) is 0.360. The van der Waals surface area contributed by atoms with Crippen molar-refractivity contribution in [3.8, 4) is 0 Å². The van der Waals surface area contributed by atoms with Crippen LogP contribution < -0.4 is 20.9 Å². The Morgan fingerprint density at radius 3 is 1.92 bits per heavy atom. The Kier molecular flexibility index (Phi) is 13.4. The van der Waals surface area contributed by atoms with E-state index in [0.717, 1.165) is 59.7 Å². The second kappa shape index (κ2) is 16.5. The first-order valence-corrected chi connectivity index (χ1v) is 14.3. The van der Waals surface area contributed by atoms with Gasteiger partial charge in [-0.25, -0.2) is 0 Å². The lowest BCUT2D eigenvalue weighted by Gasteiger charge is -2.37. The Labute approximate surface area is 243 Å². The van der Waals surface area contributed by atoms with Gasteiger partial charge in [0.15, 0.2) is 0 Å². The average molecular weight is 595 g/mol. The first-order valence-electron chi connectivity index (χ1n) is 13.5. The van der Waals surface area contributed by atoms with Crippen molar-refractivity contribution >= 4 is 33.7 Å². The highest BCUT2D eigenvalue weighted by atomic mass is 79.9. The van der Waals surface area contributed by atoms with Gasteiger partial charge in [-0.1, -0.05) is 56.7 Å². The van der Waals surface area contributed by atoms with E-state index in [-0.39, 0.29) is 0 Å². The number of allylic oxidation sites excluding steroid dienone is 5. The number of piperazine rings is 1. The van der Waals surface area contributed by atoms with Crippen LogP contribution >= 0.6 is 15.9 Å². The molecule has 2 heterocycles. The lowest BCUT2D eigenvalue weighted by molar-refractivity contribution is -0.109. The summed E-state index contributed by atoms with van der Waals surface area (Å²) in [6.45, 7) is 18.9. The number of benzene rings is 2. The molecule has 0 spiro atoms. The molecule has 3 N–H and O–H groups in total. The largest absolute Gasteiger partial charge is 0.401 e. The van der Waals surface area contributed by atoms with Crippen molar-refractivity contribution in [2.24, 2.45) is 5.73 Å². The molecule has 2 aromatic carbocycles. The Bertz CT molecular complexity index is 1140. The predicted octanol–water partition coefficient (Wildman–Crippen LogP) is 6.80. The lowest BCUT2D eigenvalue weighted by atomic mass is 10.1. The van der Waals surface area contributed by atoms with E-state index in [2.05, 4.69) is 107 Å². The first-order chi connectivity index (χ1) is 18.7. The number of carbonyl (C=O) groups is 1. The summed E-state index contributed by atoms with van der Waals surface area (Å²) in [6.07, 6.45) is 7.83. The van der Waals surface area contributed by atoms with Gasteiger partial charge in [-0.15, -0.1) is 0 Å². The van der Waals surface area contributed by atoms with E-state index < -0.39 is 0 Å². The molecule has 2 aromatic rings.